The minimum atomic E-state index is -3.54. The smallest absolute Gasteiger partial charge is 0.235 e. The second kappa shape index (κ2) is 7.11. The number of aromatic hydroxyl groups is 1. The van der Waals surface area contributed by atoms with Crippen molar-refractivity contribution < 1.29 is 13.5 Å². The van der Waals surface area contributed by atoms with Crippen LogP contribution in [0.5, 0.6) is 5.75 Å². The van der Waals surface area contributed by atoms with Gasteiger partial charge in [0, 0.05) is 12.4 Å². The molecule has 0 unspecified atom stereocenters. The molecule has 0 amide bonds. The van der Waals surface area contributed by atoms with Crippen molar-refractivity contribution in [2.45, 2.75) is 19.9 Å². The Kier molecular flexibility index (Phi) is 5.42. The first-order chi connectivity index (χ1) is 10.5. The second-order valence-electron chi connectivity index (χ2n) is 4.79. The van der Waals surface area contributed by atoms with Gasteiger partial charge in [0.15, 0.2) is 5.75 Å². The van der Waals surface area contributed by atoms with Gasteiger partial charge in [-0.3, -0.25) is 9.29 Å². The number of sulfonamides is 1. The molecule has 0 radical (unpaired) electrons. The molecule has 7 heteroatoms. The van der Waals surface area contributed by atoms with Gasteiger partial charge in [0.1, 0.15) is 0 Å². The van der Waals surface area contributed by atoms with Crippen LogP contribution in [-0.4, -0.2) is 24.3 Å². The number of pyridine rings is 1. The molecule has 1 aromatic heterocycles. The summed E-state index contributed by atoms with van der Waals surface area (Å²) in [4.78, 5) is 4.01. The van der Waals surface area contributed by atoms with Gasteiger partial charge in [-0.2, -0.15) is 0 Å². The molecule has 1 N–H and O–H groups in total. The van der Waals surface area contributed by atoms with Gasteiger partial charge in [0.05, 0.1) is 22.5 Å². The lowest BCUT2D eigenvalue weighted by molar-refractivity contribution is 0.472. The minimum absolute atomic E-state index is 0.0131. The highest BCUT2D eigenvalue weighted by atomic mass is 79.9. The third-order valence-electron chi connectivity index (χ3n) is 3.08. The summed E-state index contributed by atoms with van der Waals surface area (Å²) in [5.41, 5.74) is 1.01. The van der Waals surface area contributed by atoms with Crippen LogP contribution in [0.15, 0.2) is 47.2 Å². The van der Waals surface area contributed by atoms with Crippen LogP contribution in [0, 0.1) is 0 Å². The lowest BCUT2D eigenvalue weighted by atomic mass is 10.2. The van der Waals surface area contributed by atoms with Crippen molar-refractivity contribution in [2.75, 3.05) is 10.1 Å². The highest BCUT2D eigenvalue weighted by Gasteiger charge is 2.25. The molecule has 0 aliphatic heterocycles. The van der Waals surface area contributed by atoms with Crippen molar-refractivity contribution in [1.29, 1.82) is 0 Å². The molecule has 0 saturated carbocycles. The lowest BCUT2D eigenvalue weighted by Crippen LogP contribution is -2.32. The lowest BCUT2D eigenvalue weighted by Gasteiger charge is -2.25. The summed E-state index contributed by atoms with van der Waals surface area (Å²) in [6, 6.07) is 8.49. The number of para-hydroxylation sites is 1. The molecule has 0 spiro atoms. The predicted molar refractivity (Wildman–Crippen MR) is 90.3 cm³/mol. The number of nitrogens with zero attached hydrogens (tertiary/aromatic N) is 2. The van der Waals surface area contributed by atoms with Crippen LogP contribution >= 0.6 is 15.9 Å². The van der Waals surface area contributed by atoms with Crippen LogP contribution < -0.4 is 4.31 Å². The molecule has 0 aliphatic rings. The highest BCUT2D eigenvalue weighted by Crippen LogP contribution is 2.36. The van der Waals surface area contributed by atoms with Crippen LogP contribution in [0.1, 0.15) is 18.9 Å². The summed E-state index contributed by atoms with van der Waals surface area (Å²) in [5, 5.41) is 10.2. The van der Waals surface area contributed by atoms with Gasteiger partial charge >= 0.3 is 0 Å². The molecule has 0 aliphatic carbocycles. The molecule has 5 nitrogen and oxygen atoms in total. The summed E-state index contributed by atoms with van der Waals surface area (Å²) >= 11 is 3.22. The first-order valence-electron chi connectivity index (χ1n) is 6.82. The van der Waals surface area contributed by atoms with Gasteiger partial charge in [0.2, 0.25) is 10.0 Å². The molecule has 2 aromatic rings. The monoisotopic (exact) mass is 384 g/mol. The number of benzene rings is 1. The Morgan fingerprint density at radius 3 is 2.68 bits per heavy atom. The summed E-state index contributed by atoms with van der Waals surface area (Å²) < 4.78 is 26.8. The summed E-state index contributed by atoms with van der Waals surface area (Å²) in [6.07, 6.45) is 3.75. The number of phenols is 1. The Hall–Kier alpha value is -1.60. The van der Waals surface area contributed by atoms with Crippen molar-refractivity contribution in [3.63, 3.8) is 0 Å². The van der Waals surface area contributed by atoms with Gasteiger partial charge in [-0.1, -0.05) is 19.1 Å². The number of halogens is 1. The predicted octanol–water partition coefficient (Wildman–Crippen LogP) is 3.30. The maximum Gasteiger partial charge on any atom is 0.235 e. The van der Waals surface area contributed by atoms with Gasteiger partial charge in [0.25, 0.3) is 0 Å². The zero-order chi connectivity index (χ0) is 16.2. The minimum Gasteiger partial charge on any atom is -0.505 e. The molecule has 0 bridgehead atoms. The van der Waals surface area contributed by atoms with Crippen LogP contribution in [-0.2, 0) is 16.6 Å². The average molecular weight is 385 g/mol. The van der Waals surface area contributed by atoms with Crippen molar-refractivity contribution >= 4 is 31.6 Å². The Morgan fingerprint density at radius 2 is 2.05 bits per heavy atom. The van der Waals surface area contributed by atoms with E-state index >= 15 is 0 Å². The Balaban J connectivity index is 2.48. The van der Waals surface area contributed by atoms with E-state index in [4.69, 9.17) is 0 Å². The molecule has 1 heterocycles. The van der Waals surface area contributed by atoms with Crippen LogP contribution in [0.25, 0.3) is 0 Å². The number of aromatic nitrogens is 1. The molecule has 2 rings (SSSR count). The van der Waals surface area contributed by atoms with Gasteiger partial charge in [-0.25, -0.2) is 8.42 Å². The van der Waals surface area contributed by atoms with E-state index in [1.165, 1.54) is 4.31 Å². The maximum atomic E-state index is 12.6. The van der Waals surface area contributed by atoms with Crippen molar-refractivity contribution in [3.05, 3.63) is 52.8 Å². The molecular weight excluding hydrogens is 368 g/mol. The van der Waals surface area contributed by atoms with E-state index in [1.54, 1.807) is 49.6 Å². The topological polar surface area (TPSA) is 70.5 Å². The molecule has 0 atom stereocenters. The van der Waals surface area contributed by atoms with Crippen molar-refractivity contribution in [1.82, 2.24) is 4.98 Å². The van der Waals surface area contributed by atoms with Crippen LogP contribution in [0.4, 0.5) is 5.69 Å². The molecule has 0 fully saturated rings. The van der Waals surface area contributed by atoms with E-state index in [2.05, 4.69) is 20.9 Å². The Bertz CT molecular complexity index is 736. The Labute approximate surface area is 138 Å². The van der Waals surface area contributed by atoms with Crippen molar-refractivity contribution in [2.24, 2.45) is 0 Å². The van der Waals surface area contributed by atoms with E-state index in [1.807, 2.05) is 0 Å². The van der Waals surface area contributed by atoms with E-state index in [0.717, 1.165) is 5.56 Å². The quantitative estimate of drug-likeness (QED) is 0.829. The van der Waals surface area contributed by atoms with E-state index in [0.29, 0.717) is 10.9 Å². The molecule has 1 aromatic carbocycles. The van der Waals surface area contributed by atoms with Gasteiger partial charge < -0.3 is 5.11 Å². The first kappa shape index (κ1) is 16.8. The zero-order valence-corrected chi connectivity index (χ0v) is 14.5. The fraction of sp³-hybridized carbons (Fsp3) is 0.267. The second-order valence-corrected chi connectivity index (χ2v) is 7.66. The molecule has 118 valence electrons. The SMILES string of the molecule is CCCS(=O)(=O)N(Cc1cccnc1)c1cccc(Br)c1O. The van der Waals surface area contributed by atoms with Gasteiger partial charge in [-0.15, -0.1) is 0 Å². The fourth-order valence-electron chi connectivity index (χ4n) is 2.06. The molecule has 22 heavy (non-hydrogen) atoms. The fourth-order valence-corrected chi connectivity index (χ4v) is 3.95. The maximum absolute atomic E-state index is 12.6. The third-order valence-corrected chi connectivity index (χ3v) is 5.64. The van der Waals surface area contributed by atoms with E-state index < -0.39 is 10.0 Å². The van der Waals surface area contributed by atoms with Crippen LogP contribution in [0.3, 0.4) is 0 Å². The highest BCUT2D eigenvalue weighted by molar-refractivity contribution is 9.10. The number of anilines is 1. The van der Waals surface area contributed by atoms with Crippen molar-refractivity contribution in [3.8, 4) is 5.75 Å². The first-order valence-corrected chi connectivity index (χ1v) is 9.22. The van der Waals surface area contributed by atoms with Crippen LogP contribution in [0.2, 0.25) is 0 Å². The Morgan fingerprint density at radius 1 is 1.27 bits per heavy atom. The largest absolute Gasteiger partial charge is 0.505 e. The standard InChI is InChI=1S/C15H17BrN2O3S/c1-2-9-22(20,21)18(11-12-5-4-8-17-10-12)14-7-3-6-13(16)15(14)19/h3-8,10,19H,2,9,11H2,1H3. The van der Waals surface area contributed by atoms with Gasteiger partial charge in [-0.05, 0) is 46.1 Å². The summed E-state index contributed by atoms with van der Waals surface area (Å²) in [7, 11) is -3.54. The number of rotatable bonds is 6. The zero-order valence-electron chi connectivity index (χ0n) is 12.1. The molecular formula is C15H17BrN2O3S. The average Bonchev–Trinajstić information content (AvgIpc) is 2.49. The third kappa shape index (κ3) is 3.78. The number of hydrogen-bond acceptors (Lipinski definition) is 4. The normalized spacial score (nSPS) is 11.4. The summed E-state index contributed by atoms with van der Waals surface area (Å²) in [5.74, 6) is -0.0785. The van der Waals surface area contributed by atoms with E-state index in [-0.39, 0.29) is 23.7 Å². The summed E-state index contributed by atoms with van der Waals surface area (Å²) in [6.45, 7) is 1.93. The number of phenolic OH excluding ortho intramolecular Hbond substituents is 1. The molecule has 0 saturated heterocycles. The number of hydrogen-bond donors (Lipinski definition) is 1. The van der Waals surface area contributed by atoms with E-state index in [9.17, 15) is 13.5 Å².